The van der Waals surface area contributed by atoms with Crippen LogP contribution in [0.1, 0.15) is 6.92 Å². The van der Waals surface area contributed by atoms with Crippen molar-refractivity contribution in [2.75, 3.05) is 5.43 Å². The lowest BCUT2D eigenvalue weighted by molar-refractivity contribution is -0.120. The first kappa shape index (κ1) is 9.67. The summed E-state index contributed by atoms with van der Waals surface area (Å²) < 4.78 is 0. The average molecular weight is 204 g/mol. The van der Waals surface area contributed by atoms with E-state index < -0.39 is 6.04 Å². The van der Waals surface area contributed by atoms with Gasteiger partial charge in [-0.3, -0.25) is 4.79 Å². The molecule has 3 N–H and O–H groups in total. The molecule has 2 rings (SSSR count). The molecule has 1 aromatic carbocycles. The monoisotopic (exact) mass is 204 g/mol. The van der Waals surface area contributed by atoms with E-state index in [4.69, 9.17) is 0 Å². The topological polar surface area (TPSA) is 65.5 Å². The fourth-order valence-electron chi connectivity index (χ4n) is 1.31. The molecule has 1 aliphatic heterocycles. The Kier molecular flexibility index (Phi) is 2.64. The highest BCUT2D eigenvalue weighted by atomic mass is 16.2. The molecule has 0 bridgehead atoms. The molecule has 0 saturated heterocycles. The van der Waals surface area contributed by atoms with Gasteiger partial charge < -0.3 is 5.43 Å². The minimum Gasteiger partial charge on any atom is -0.320 e. The van der Waals surface area contributed by atoms with Crippen LogP contribution in [0.25, 0.3) is 0 Å². The van der Waals surface area contributed by atoms with Crippen LogP contribution in [0, 0.1) is 0 Å². The van der Waals surface area contributed by atoms with Crippen LogP contribution in [0.15, 0.2) is 35.4 Å². The fourth-order valence-corrected chi connectivity index (χ4v) is 1.31. The first-order valence-corrected chi connectivity index (χ1v) is 4.68. The quantitative estimate of drug-likeness (QED) is 0.627. The Morgan fingerprint density at radius 2 is 2.07 bits per heavy atom. The van der Waals surface area contributed by atoms with Crippen LogP contribution in [-0.4, -0.2) is 17.7 Å². The van der Waals surface area contributed by atoms with Gasteiger partial charge in [0.1, 0.15) is 6.04 Å². The first-order chi connectivity index (χ1) is 7.27. The molecule has 0 saturated carbocycles. The second-order valence-electron chi connectivity index (χ2n) is 3.30. The van der Waals surface area contributed by atoms with E-state index in [0.717, 1.165) is 11.4 Å². The van der Waals surface area contributed by atoms with Crippen molar-refractivity contribution in [1.82, 2.24) is 10.9 Å². The predicted octanol–water partition coefficient (Wildman–Crippen LogP) is 0.477. The van der Waals surface area contributed by atoms with Crippen LogP contribution in [0.2, 0.25) is 0 Å². The number of nitrogens with zero attached hydrogens (tertiary/aromatic N) is 1. The molecule has 1 atom stereocenters. The molecule has 0 unspecified atom stereocenters. The molecule has 15 heavy (non-hydrogen) atoms. The number of nitrogens with one attached hydrogen (secondary N) is 3. The minimum absolute atomic E-state index is 0.143. The zero-order valence-electron chi connectivity index (χ0n) is 8.32. The second kappa shape index (κ2) is 4.10. The van der Waals surface area contributed by atoms with Gasteiger partial charge in [-0.1, -0.05) is 18.2 Å². The summed E-state index contributed by atoms with van der Waals surface area (Å²) in [6.45, 7) is 1.79. The summed E-state index contributed by atoms with van der Waals surface area (Å²) in [4.78, 5) is 11.3. The number of anilines is 1. The van der Waals surface area contributed by atoms with Crippen LogP contribution >= 0.6 is 0 Å². The van der Waals surface area contributed by atoms with Crippen molar-refractivity contribution < 1.29 is 4.79 Å². The highest BCUT2D eigenvalue weighted by molar-refractivity contribution is 6.10. The molecule has 0 aromatic heterocycles. The van der Waals surface area contributed by atoms with Gasteiger partial charge in [-0.15, -0.1) is 0 Å². The molecule has 0 radical (unpaired) electrons. The Hall–Kier alpha value is -1.88. The molecule has 1 aliphatic rings. The molecule has 0 spiro atoms. The predicted molar refractivity (Wildman–Crippen MR) is 58.2 cm³/mol. The Bertz CT molecular complexity index is 388. The van der Waals surface area contributed by atoms with Gasteiger partial charge in [0.25, 0.3) is 5.91 Å². The van der Waals surface area contributed by atoms with E-state index in [9.17, 15) is 4.79 Å². The maximum absolute atomic E-state index is 11.3. The molecule has 5 nitrogen and oxygen atoms in total. The molecular weight excluding hydrogens is 192 g/mol. The number of hydrazine groups is 1. The van der Waals surface area contributed by atoms with Gasteiger partial charge in [0.2, 0.25) is 0 Å². The maximum Gasteiger partial charge on any atom is 0.264 e. The summed E-state index contributed by atoms with van der Waals surface area (Å²) in [5.41, 5.74) is 9.90. The molecule has 5 heteroatoms. The smallest absolute Gasteiger partial charge is 0.264 e. The average Bonchev–Trinajstić information content (AvgIpc) is 2.58. The summed E-state index contributed by atoms with van der Waals surface area (Å²) in [5.74, 6) is -0.143. The fraction of sp³-hybridized carbons (Fsp3) is 0.200. The number of hydrogen-bond donors (Lipinski definition) is 3. The highest BCUT2D eigenvalue weighted by Gasteiger charge is 2.26. The van der Waals surface area contributed by atoms with E-state index >= 15 is 0 Å². The third-order valence-corrected chi connectivity index (χ3v) is 2.16. The van der Waals surface area contributed by atoms with Gasteiger partial charge >= 0.3 is 0 Å². The zero-order valence-corrected chi connectivity index (χ0v) is 8.32. The van der Waals surface area contributed by atoms with Crippen molar-refractivity contribution in [2.45, 2.75) is 13.0 Å². The molecule has 78 valence electrons. The van der Waals surface area contributed by atoms with Crippen molar-refractivity contribution in [1.29, 1.82) is 0 Å². The Morgan fingerprint density at radius 3 is 2.67 bits per heavy atom. The van der Waals surface area contributed by atoms with Gasteiger partial charge in [0.05, 0.1) is 5.71 Å². The molecule has 0 aliphatic carbocycles. The largest absolute Gasteiger partial charge is 0.320 e. The number of benzene rings is 1. The van der Waals surface area contributed by atoms with Crippen molar-refractivity contribution in [3.05, 3.63) is 30.3 Å². The van der Waals surface area contributed by atoms with Crippen LogP contribution in [0.4, 0.5) is 5.69 Å². The van der Waals surface area contributed by atoms with Crippen molar-refractivity contribution in [2.24, 2.45) is 5.10 Å². The Labute approximate surface area is 87.5 Å². The standard InChI is InChI=1S/C10H12N4O/c1-7-9(10(15)14-11-7)13-12-8-5-3-2-4-6-8/h2-6,9,12-13H,1H3,(H,14,15)/t9-/m0/s1. The van der Waals surface area contributed by atoms with Crippen LogP contribution in [-0.2, 0) is 4.79 Å². The van der Waals surface area contributed by atoms with Crippen molar-refractivity contribution in [3.63, 3.8) is 0 Å². The van der Waals surface area contributed by atoms with E-state index in [1.165, 1.54) is 0 Å². The number of rotatable bonds is 3. The SMILES string of the molecule is CC1=NNC(=O)[C@H]1NNc1ccccc1. The number of amides is 1. The zero-order chi connectivity index (χ0) is 10.7. The van der Waals surface area contributed by atoms with Crippen molar-refractivity contribution in [3.8, 4) is 0 Å². The lowest BCUT2D eigenvalue weighted by Gasteiger charge is -2.12. The van der Waals surface area contributed by atoms with Gasteiger partial charge in [0.15, 0.2) is 0 Å². The van der Waals surface area contributed by atoms with E-state index in [1.54, 1.807) is 6.92 Å². The second-order valence-corrected chi connectivity index (χ2v) is 3.30. The van der Waals surface area contributed by atoms with Crippen LogP contribution in [0.5, 0.6) is 0 Å². The number of carbonyl (C=O) groups is 1. The number of hydrogen-bond acceptors (Lipinski definition) is 4. The summed E-state index contributed by atoms with van der Waals surface area (Å²) in [6, 6.07) is 9.18. The third kappa shape index (κ3) is 2.13. The molecule has 1 amide bonds. The summed E-state index contributed by atoms with van der Waals surface area (Å²) in [7, 11) is 0. The van der Waals surface area contributed by atoms with E-state index in [0.29, 0.717) is 0 Å². The number of para-hydroxylation sites is 1. The Morgan fingerprint density at radius 1 is 1.33 bits per heavy atom. The highest BCUT2D eigenvalue weighted by Crippen LogP contribution is 2.04. The van der Waals surface area contributed by atoms with E-state index in [-0.39, 0.29) is 5.91 Å². The first-order valence-electron chi connectivity index (χ1n) is 4.68. The van der Waals surface area contributed by atoms with Crippen LogP contribution < -0.4 is 16.3 Å². The summed E-state index contributed by atoms with van der Waals surface area (Å²) in [6.07, 6.45) is 0. The number of carbonyl (C=O) groups excluding carboxylic acids is 1. The lowest BCUT2D eigenvalue weighted by Crippen LogP contribution is -2.44. The third-order valence-electron chi connectivity index (χ3n) is 2.16. The molecular formula is C10H12N4O. The Balaban J connectivity index is 1.94. The normalized spacial score (nSPS) is 19.7. The lowest BCUT2D eigenvalue weighted by atomic mass is 10.2. The molecule has 0 fully saturated rings. The minimum atomic E-state index is -0.398. The maximum atomic E-state index is 11.3. The van der Waals surface area contributed by atoms with E-state index in [1.807, 2.05) is 30.3 Å². The van der Waals surface area contributed by atoms with Gasteiger partial charge in [-0.25, -0.2) is 10.9 Å². The van der Waals surface area contributed by atoms with Gasteiger partial charge in [-0.2, -0.15) is 5.10 Å². The summed E-state index contributed by atoms with van der Waals surface area (Å²) in [5, 5.41) is 3.83. The molecule has 1 heterocycles. The molecule has 1 aromatic rings. The van der Waals surface area contributed by atoms with Gasteiger partial charge in [-0.05, 0) is 19.1 Å². The van der Waals surface area contributed by atoms with Gasteiger partial charge in [0, 0.05) is 5.69 Å². The van der Waals surface area contributed by atoms with Crippen molar-refractivity contribution >= 4 is 17.3 Å². The van der Waals surface area contributed by atoms with Crippen LogP contribution in [0.3, 0.4) is 0 Å². The van der Waals surface area contributed by atoms with E-state index in [2.05, 4.69) is 21.4 Å². The summed E-state index contributed by atoms with van der Waals surface area (Å²) >= 11 is 0. The number of hydrazone groups is 1.